The number of rotatable bonds is 2. The molecule has 3 aromatic rings. The van der Waals surface area contributed by atoms with Gasteiger partial charge < -0.3 is 9.47 Å². The number of para-hydroxylation sites is 2. The predicted molar refractivity (Wildman–Crippen MR) is 78.1 cm³/mol. The monoisotopic (exact) mass is 302 g/mol. The molecule has 21 heavy (non-hydrogen) atoms. The van der Waals surface area contributed by atoms with Crippen LogP contribution in [0.3, 0.4) is 0 Å². The molecule has 0 amide bonds. The third kappa shape index (κ3) is 2.04. The Labute approximate surface area is 125 Å². The van der Waals surface area contributed by atoms with E-state index in [0.29, 0.717) is 6.61 Å². The molecule has 0 spiro atoms. The first-order valence-corrected chi connectivity index (χ1v) is 7.64. The standard InChI is InChI=1S/C14H14N4O2S/c1-8(2)12-15-16-14-18(12)17-13(21-14)11-7-19-9-5-3-4-6-10(9)20-11/h3-6,8,11H,7H2,1-2H3/t11-/m0/s1. The van der Waals surface area contributed by atoms with E-state index in [4.69, 9.17) is 9.47 Å². The highest BCUT2D eigenvalue weighted by Gasteiger charge is 2.27. The van der Waals surface area contributed by atoms with Crippen LogP contribution in [0.2, 0.25) is 0 Å². The van der Waals surface area contributed by atoms with Crippen molar-refractivity contribution < 1.29 is 9.47 Å². The van der Waals surface area contributed by atoms with Gasteiger partial charge in [-0.3, -0.25) is 0 Å². The van der Waals surface area contributed by atoms with Crippen LogP contribution in [0, 0.1) is 0 Å². The van der Waals surface area contributed by atoms with E-state index >= 15 is 0 Å². The first kappa shape index (κ1) is 12.6. The molecule has 0 bridgehead atoms. The molecule has 0 saturated heterocycles. The second kappa shape index (κ2) is 4.70. The quantitative estimate of drug-likeness (QED) is 0.728. The molecule has 0 saturated carbocycles. The molecule has 108 valence electrons. The van der Waals surface area contributed by atoms with Gasteiger partial charge in [0.05, 0.1) is 0 Å². The van der Waals surface area contributed by atoms with Gasteiger partial charge in [-0.15, -0.1) is 10.2 Å². The molecule has 1 atom stereocenters. The average molecular weight is 302 g/mol. The Morgan fingerprint density at radius 2 is 2.05 bits per heavy atom. The van der Waals surface area contributed by atoms with Crippen molar-refractivity contribution in [2.24, 2.45) is 0 Å². The highest BCUT2D eigenvalue weighted by molar-refractivity contribution is 7.16. The molecular formula is C14H14N4O2S. The summed E-state index contributed by atoms with van der Waals surface area (Å²) in [7, 11) is 0. The highest BCUT2D eigenvalue weighted by atomic mass is 32.1. The lowest BCUT2D eigenvalue weighted by atomic mass is 10.2. The molecule has 1 aliphatic rings. The van der Waals surface area contributed by atoms with E-state index in [1.54, 1.807) is 4.52 Å². The summed E-state index contributed by atoms with van der Waals surface area (Å²) >= 11 is 1.49. The van der Waals surface area contributed by atoms with Crippen molar-refractivity contribution >= 4 is 16.3 Å². The molecular weight excluding hydrogens is 288 g/mol. The molecule has 0 N–H and O–H groups in total. The lowest BCUT2D eigenvalue weighted by Crippen LogP contribution is -2.21. The smallest absolute Gasteiger partial charge is 0.234 e. The molecule has 7 heteroatoms. The van der Waals surface area contributed by atoms with E-state index in [9.17, 15) is 0 Å². The first-order valence-electron chi connectivity index (χ1n) is 6.83. The maximum absolute atomic E-state index is 5.98. The maximum Gasteiger partial charge on any atom is 0.234 e. The van der Waals surface area contributed by atoms with Crippen LogP contribution in [0.4, 0.5) is 0 Å². The van der Waals surface area contributed by atoms with Crippen molar-refractivity contribution in [2.45, 2.75) is 25.9 Å². The minimum atomic E-state index is -0.202. The van der Waals surface area contributed by atoms with E-state index in [1.165, 1.54) is 11.3 Å². The van der Waals surface area contributed by atoms with E-state index in [1.807, 2.05) is 24.3 Å². The van der Waals surface area contributed by atoms with Crippen LogP contribution < -0.4 is 9.47 Å². The molecule has 0 unspecified atom stereocenters. The lowest BCUT2D eigenvalue weighted by Gasteiger charge is -2.24. The maximum atomic E-state index is 5.98. The third-order valence-electron chi connectivity index (χ3n) is 3.33. The summed E-state index contributed by atoms with van der Waals surface area (Å²) in [5.41, 5.74) is 0. The molecule has 2 aromatic heterocycles. The van der Waals surface area contributed by atoms with Crippen molar-refractivity contribution in [1.82, 2.24) is 19.8 Å². The first-order chi connectivity index (χ1) is 10.2. The highest BCUT2D eigenvalue weighted by Crippen LogP contribution is 2.37. The van der Waals surface area contributed by atoms with E-state index < -0.39 is 0 Å². The van der Waals surface area contributed by atoms with Crippen molar-refractivity contribution in [2.75, 3.05) is 6.61 Å². The molecule has 1 aliphatic heterocycles. The molecule has 6 nitrogen and oxygen atoms in total. The number of hydrogen-bond donors (Lipinski definition) is 0. The van der Waals surface area contributed by atoms with Gasteiger partial charge in [-0.25, -0.2) is 0 Å². The Bertz CT molecular complexity index is 795. The molecule has 3 heterocycles. The molecule has 0 radical (unpaired) electrons. The zero-order chi connectivity index (χ0) is 14.4. The minimum absolute atomic E-state index is 0.202. The second-order valence-electron chi connectivity index (χ2n) is 5.21. The fourth-order valence-corrected chi connectivity index (χ4v) is 3.14. The van der Waals surface area contributed by atoms with Crippen LogP contribution in [0.25, 0.3) is 4.96 Å². The van der Waals surface area contributed by atoms with Crippen LogP contribution in [0.5, 0.6) is 11.5 Å². The van der Waals surface area contributed by atoms with Crippen molar-refractivity contribution in [3.05, 3.63) is 35.1 Å². The van der Waals surface area contributed by atoms with Crippen molar-refractivity contribution in [1.29, 1.82) is 0 Å². The van der Waals surface area contributed by atoms with E-state index in [2.05, 4.69) is 29.1 Å². The van der Waals surface area contributed by atoms with Crippen LogP contribution in [-0.2, 0) is 0 Å². The fraction of sp³-hybridized carbons (Fsp3) is 0.357. The van der Waals surface area contributed by atoms with E-state index in [0.717, 1.165) is 27.3 Å². The van der Waals surface area contributed by atoms with Crippen molar-refractivity contribution in [3.63, 3.8) is 0 Å². The minimum Gasteiger partial charge on any atom is -0.485 e. The molecule has 0 fully saturated rings. The largest absolute Gasteiger partial charge is 0.485 e. The summed E-state index contributed by atoms with van der Waals surface area (Å²) in [6.45, 7) is 4.61. The predicted octanol–water partition coefficient (Wildman–Crippen LogP) is 2.82. The summed E-state index contributed by atoms with van der Waals surface area (Å²) in [5, 5.41) is 13.8. The lowest BCUT2D eigenvalue weighted by molar-refractivity contribution is 0.0904. The molecule has 1 aromatic carbocycles. The summed E-state index contributed by atoms with van der Waals surface area (Å²) in [4.78, 5) is 0.788. The number of hydrogen-bond acceptors (Lipinski definition) is 6. The number of fused-ring (bicyclic) bond motifs is 2. The zero-order valence-corrected chi connectivity index (χ0v) is 12.5. The van der Waals surface area contributed by atoms with Gasteiger partial charge in [0.1, 0.15) is 6.61 Å². The van der Waals surface area contributed by atoms with Crippen LogP contribution >= 0.6 is 11.3 Å². The van der Waals surface area contributed by atoms with Crippen LogP contribution in [-0.4, -0.2) is 26.4 Å². The Morgan fingerprint density at radius 1 is 1.24 bits per heavy atom. The van der Waals surface area contributed by atoms with Crippen LogP contribution in [0.1, 0.15) is 36.7 Å². The van der Waals surface area contributed by atoms with Gasteiger partial charge in [0.25, 0.3) is 0 Å². The molecule has 0 aliphatic carbocycles. The molecule has 4 rings (SSSR count). The van der Waals surface area contributed by atoms with Gasteiger partial charge >= 0.3 is 0 Å². The van der Waals surface area contributed by atoms with Gasteiger partial charge in [0, 0.05) is 5.92 Å². The van der Waals surface area contributed by atoms with Gasteiger partial charge in [0.15, 0.2) is 28.4 Å². The van der Waals surface area contributed by atoms with Crippen LogP contribution in [0.15, 0.2) is 24.3 Å². The Balaban J connectivity index is 1.68. The number of ether oxygens (including phenoxy) is 2. The van der Waals surface area contributed by atoms with Crippen molar-refractivity contribution in [3.8, 4) is 11.5 Å². The third-order valence-corrected chi connectivity index (χ3v) is 4.32. The zero-order valence-electron chi connectivity index (χ0n) is 11.7. The Hall–Kier alpha value is -2.15. The topological polar surface area (TPSA) is 61.5 Å². The number of aromatic nitrogens is 4. The summed E-state index contributed by atoms with van der Waals surface area (Å²) in [6, 6.07) is 7.67. The van der Waals surface area contributed by atoms with E-state index in [-0.39, 0.29) is 12.0 Å². The Morgan fingerprint density at radius 3 is 2.86 bits per heavy atom. The SMILES string of the molecule is CC(C)c1nnc2sc([C@@H]3COc4ccccc4O3)nn12. The van der Waals surface area contributed by atoms with Gasteiger partial charge in [0.2, 0.25) is 4.96 Å². The summed E-state index contributed by atoms with van der Waals surface area (Å²) in [5.74, 6) is 2.67. The Kier molecular flexibility index (Phi) is 2.81. The second-order valence-corrected chi connectivity index (χ2v) is 6.20. The fourth-order valence-electron chi connectivity index (χ4n) is 2.28. The van der Waals surface area contributed by atoms with Gasteiger partial charge in [-0.1, -0.05) is 37.3 Å². The van der Waals surface area contributed by atoms with Gasteiger partial charge in [-0.05, 0) is 12.1 Å². The number of benzene rings is 1. The van der Waals surface area contributed by atoms with Gasteiger partial charge in [-0.2, -0.15) is 9.61 Å². The average Bonchev–Trinajstić information content (AvgIpc) is 3.06. The summed E-state index contributed by atoms with van der Waals surface area (Å²) < 4.78 is 13.5. The summed E-state index contributed by atoms with van der Waals surface area (Å²) in [6.07, 6.45) is -0.202. The normalized spacial score (nSPS) is 17.6. The number of nitrogens with zero attached hydrogens (tertiary/aromatic N) is 4.